The number of fused-ring (bicyclic) bond motifs is 2. The van der Waals surface area contributed by atoms with Crippen LogP contribution in [0.25, 0.3) is 0 Å². The van der Waals surface area contributed by atoms with E-state index in [1.807, 2.05) is 30.3 Å². The van der Waals surface area contributed by atoms with E-state index in [9.17, 15) is 4.79 Å². The Hall–Kier alpha value is -1.55. The van der Waals surface area contributed by atoms with E-state index in [2.05, 4.69) is 15.5 Å². The Morgan fingerprint density at radius 2 is 2.00 bits per heavy atom. The van der Waals surface area contributed by atoms with Crippen LogP contribution in [-0.4, -0.2) is 36.1 Å². The maximum absolute atomic E-state index is 12.4. The van der Waals surface area contributed by atoms with Gasteiger partial charge < -0.3 is 15.5 Å². The highest BCUT2D eigenvalue weighted by molar-refractivity contribution is 5.75. The van der Waals surface area contributed by atoms with Crippen molar-refractivity contribution in [1.82, 2.24) is 15.5 Å². The number of hydrogen-bond donors (Lipinski definition) is 2. The number of urea groups is 1. The number of carbonyl (C=O) groups is 1. The van der Waals surface area contributed by atoms with Crippen LogP contribution < -0.4 is 10.6 Å². The molecular formula is C15H21N3O. The first-order chi connectivity index (χ1) is 9.34. The number of benzene rings is 1. The molecule has 2 heterocycles. The number of amides is 2. The molecule has 0 spiro atoms. The van der Waals surface area contributed by atoms with Crippen LogP contribution in [0.1, 0.15) is 24.8 Å². The van der Waals surface area contributed by atoms with Crippen molar-refractivity contribution in [3.63, 3.8) is 0 Å². The zero-order valence-corrected chi connectivity index (χ0v) is 11.1. The van der Waals surface area contributed by atoms with Gasteiger partial charge in [-0.2, -0.15) is 0 Å². The second kappa shape index (κ2) is 5.61. The first kappa shape index (κ1) is 12.5. The van der Waals surface area contributed by atoms with Gasteiger partial charge in [-0.1, -0.05) is 30.3 Å². The van der Waals surface area contributed by atoms with E-state index in [0.717, 1.165) is 37.9 Å². The molecule has 1 aromatic rings. The Kier molecular flexibility index (Phi) is 3.69. The molecular weight excluding hydrogens is 238 g/mol. The first-order valence-electron chi connectivity index (χ1n) is 7.15. The average molecular weight is 259 g/mol. The molecule has 4 nitrogen and oxygen atoms in total. The van der Waals surface area contributed by atoms with Gasteiger partial charge >= 0.3 is 6.03 Å². The maximum atomic E-state index is 12.4. The summed E-state index contributed by atoms with van der Waals surface area (Å²) in [6, 6.07) is 11.0. The molecule has 2 aliphatic heterocycles. The van der Waals surface area contributed by atoms with Crippen molar-refractivity contribution in [3.8, 4) is 0 Å². The molecule has 0 saturated carbocycles. The molecule has 19 heavy (non-hydrogen) atoms. The SMILES string of the molecule is O=C(NCc1ccccc1)N1C2CCNCC1CC2. The van der Waals surface area contributed by atoms with Gasteiger partial charge in [0.1, 0.15) is 0 Å². The van der Waals surface area contributed by atoms with Gasteiger partial charge in [0.25, 0.3) is 0 Å². The predicted octanol–water partition coefficient (Wildman–Crippen LogP) is 1.72. The minimum absolute atomic E-state index is 0.0973. The van der Waals surface area contributed by atoms with Gasteiger partial charge in [0, 0.05) is 25.2 Å². The largest absolute Gasteiger partial charge is 0.334 e. The topological polar surface area (TPSA) is 44.4 Å². The second-order valence-corrected chi connectivity index (χ2v) is 5.43. The van der Waals surface area contributed by atoms with Gasteiger partial charge in [-0.25, -0.2) is 4.79 Å². The van der Waals surface area contributed by atoms with E-state index in [1.54, 1.807) is 0 Å². The number of nitrogens with one attached hydrogen (secondary N) is 2. The first-order valence-corrected chi connectivity index (χ1v) is 7.15. The molecule has 2 fully saturated rings. The van der Waals surface area contributed by atoms with Crippen LogP contribution in [0.4, 0.5) is 4.79 Å². The summed E-state index contributed by atoms with van der Waals surface area (Å²) in [5.41, 5.74) is 1.15. The van der Waals surface area contributed by atoms with E-state index >= 15 is 0 Å². The van der Waals surface area contributed by atoms with E-state index in [0.29, 0.717) is 18.6 Å². The molecule has 2 aliphatic rings. The van der Waals surface area contributed by atoms with Crippen LogP contribution in [0, 0.1) is 0 Å². The van der Waals surface area contributed by atoms with E-state index in [4.69, 9.17) is 0 Å². The molecule has 0 aliphatic carbocycles. The fourth-order valence-electron chi connectivity index (χ4n) is 3.18. The summed E-state index contributed by atoms with van der Waals surface area (Å²) in [4.78, 5) is 14.4. The average Bonchev–Trinajstić information content (AvgIpc) is 2.71. The van der Waals surface area contributed by atoms with Gasteiger partial charge in [0.15, 0.2) is 0 Å². The van der Waals surface area contributed by atoms with Crippen LogP contribution >= 0.6 is 0 Å². The van der Waals surface area contributed by atoms with Crippen molar-refractivity contribution >= 4 is 6.03 Å². The molecule has 2 unspecified atom stereocenters. The molecule has 2 amide bonds. The minimum Gasteiger partial charge on any atom is -0.334 e. The Morgan fingerprint density at radius 1 is 1.21 bits per heavy atom. The lowest BCUT2D eigenvalue weighted by molar-refractivity contribution is 0.176. The van der Waals surface area contributed by atoms with Crippen molar-refractivity contribution in [2.75, 3.05) is 13.1 Å². The molecule has 0 aromatic heterocycles. The van der Waals surface area contributed by atoms with E-state index in [-0.39, 0.29) is 6.03 Å². The van der Waals surface area contributed by atoms with E-state index in [1.165, 1.54) is 0 Å². The number of rotatable bonds is 2. The van der Waals surface area contributed by atoms with E-state index < -0.39 is 0 Å². The van der Waals surface area contributed by atoms with Crippen molar-refractivity contribution in [1.29, 1.82) is 0 Å². The number of carbonyl (C=O) groups excluding carboxylic acids is 1. The predicted molar refractivity (Wildman–Crippen MR) is 74.8 cm³/mol. The van der Waals surface area contributed by atoms with Crippen LogP contribution in [0.5, 0.6) is 0 Å². The number of nitrogens with zero attached hydrogens (tertiary/aromatic N) is 1. The molecule has 4 heteroatoms. The molecule has 0 radical (unpaired) electrons. The Balaban J connectivity index is 1.61. The Bertz CT molecular complexity index is 420. The highest BCUT2D eigenvalue weighted by Crippen LogP contribution is 2.27. The fourth-order valence-corrected chi connectivity index (χ4v) is 3.18. The summed E-state index contributed by atoms with van der Waals surface area (Å²) in [5, 5.41) is 6.47. The quantitative estimate of drug-likeness (QED) is 0.849. The van der Waals surface area contributed by atoms with Crippen molar-refractivity contribution in [2.24, 2.45) is 0 Å². The molecule has 3 rings (SSSR count). The molecule has 2 N–H and O–H groups in total. The summed E-state index contributed by atoms with van der Waals surface area (Å²) in [5.74, 6) is 0. The van der Waals surface area contributed by atoms with Gasteiger partial charge in [-0.05, 0) is 31.4 Å². The Morgan fingerprint density at radius 3 is 2.84 bits per heavy atom. The van der Waals surface area contributed by atoms with Gasteiger partial charge in [0.05, 0.1) is 0 Å². The third-order valence-corrected chi connectivity index (χ3v) is 4.18. The van der Waals surface area contributed by atoms with Crippen LogP contribution in [-0.2, 0) is 6.54 Å². The van der Waals surface area contributed by atoms with Crippen molar-refractivity contribution in [3.05, 3.63) is 35.9 Å². The maximum Gasteiger partial charge on any atom is 0.318 e. The Labute approximate surface area is 114 Å². The lowest BCUT2D eigenvalue weighted by atomic mass is 10.1. The van der Waals surface area contributed by atoms with Crippen LogP contribution in [0.2, 0.25) is 0 Å². The lowest BCUT2D eigenvalue weighted by Crippen LogP contribution is -2.47. The summed E-state index contributed by atoms with van der Waals surface area (Å²) >= 11 is 0. The molecule has 2 bridgehead atoms. The highest BCUT2D eigenvalue weighted by Gasteiger charge is 2.37. The monoisotopic (exact) mass is 259 g/mol. The number of hydrogen-bond acceptors (Lipinski definition) is 2. The summed E-state index contributed by atoms with van der Waals surface area (Å²) < 4.78 is 0. The molecule has 2 saturated heterocycles. The van der Waals surface area contributed by atoms with Gasteiger partial charge in [-0.3, -0.25) is 0 Å². The third-order valence-electron chi connectivity index (χ3n) is 4.18. The summed E-state index contributed by atoms with van der Waals surface area (Å²) in [6.45, 7) is 2.59. The van der Waals surface area contributed by atoms with Crippen LogP contribution in [0.15, 0.2) is 30.3 Å². The van der Waals surface area contributed by atoms with Crippen LogP contribution in [0.3, 0.4) is 0 Å². The zero-order valence-electron chi connectivity index (χ0n) is 11.1. The molecule has 1 aromatic carbocycles. The molecule has 2 atom stereocenters. The third kappa shape index (κ3) is 2.73. The van der Waals surface area contributed by atoms with Crippen molar-refractivity contribution < 1.29 is 4.79 Å². The lowest BCUT2D eigenvalue weighted by Gasteiger charge is -2.28. The van der Waals surface area contributed by atoms with Crippen molar-refractivity contribution in [2.45, 2.75) is 37.9 Å². The van der Waals surface area contributed by atoms with Gasteiger partial charge in [-0.15, -0.1) is 0 Å². The standard InChI is InChI=1S/C15H21N3O/c19-15(17-10-12-4-2-1-3-5-12)18-13-6-7-14(18)11-16-9-8-13/h1-5,13-14,16H,6-11H2,(H,17,19). The minimum atomic E-state index is 0.0973. The zero-order chi connectivity index (χ0) is 13.1. The summed E-state index contributed by atoms with van der Waals surface area (Å²) in [6.07, 6.45) is 3.37. The fraction of sp³-hybridized carbons (Fsp3) is 0.533. The smallest absolute Gasteiger partial charge is 0.318 e. The normalized spacial score (nSPS) is 26.0. The summed E-state index contributed by atoms with van der Waals surface area (Å²) in [7, 11) is 0. The second-order valence-electron chi connectivity index (χ2n) is 5.43. The highest BCUT2D eigenvalue weighted by atomic mass is 16.2. The molecule has 102 valence electrons. The van der Waals surface area contributed by atoms with Gasteiger partial charge in [0.2, 0.25) is 0 Å².